The molecule has 2 aliphatic heterocycles. The molecule has 5 rings (SSSR count). The van der Waals surface area contributed by atoms with Gasteiger partial charge in [-0.1, -0.05) is 24.3 Å². The zero-order chi connectivity index (χ0) is 20.9. The number of carbonyl (C=O) groups excluding carboxylic acids is 3. The Morgan fingerprint density at radius 2 is 1.87 bits per heavy atom. The number of fused-ring (bicyclic) bond motifs is 2. The number of rotatable bonds is 4. The number of ether oxygens (including phenoxy) is 2. The Balaban J connectivity index is 1.42. The lowest BCUT2D eigenvalue weighted by molar-refractivity contribution is -0.130. The van der Waals surface area contributed by atoms with Crippen LogP contribution in [-0.4, -0.2) is 47.4 Å². The van der Waals surface area contributed by atoms with Crippen LogP contribution in [0.5, 0.6) is 11.5 Å². The smallest absolute Gasteiger partial charge is 0.325 e. The van der Waals surface area contributed by atoms with Crippen LogP contribution in [0.4, 0.5) is 4.79 Å². The second-order valence-corrected chi connectivity index (χ2v) is 7.48. The Bertz CT molecular complexity index is 1200. The second-order valence-electron chi connectivity index (χ2n) is 7.48. The summed E-state index contributed by atoms with van der Waals surface area (Å²) in [5.74, 6) is 0.312. The lowest BCUT2D eigenvalue weighted by Crippen LogP contribution is -2.41. The number of nitrogens with one attached hydrogen (secondary N) is 2. The quantitative estimate of drug-likeness (QED) is 0.513. The van der Waals surface area contributed by atoms with Crippen LogP contribution in [0.2, 0.25) is 0 Å². The fraction of sp³-hybridized carbons (Fsp3) is 0.227. The van der Waals surface area contributed by atoms with E-state index in [0.717, 1.165) is 15.8 Å². The highest BCUT2D eigenvalue weighted by atomic mass is 16.6. The molecule has 0 saturated carbocycles. The van der Waals surface area contributed by atoms with Crippen molar-refractivity contribution in [3.8, 4) is 11.5 Å². The summed E-state index contributed by atoms with van der Waals surface area (Å²) in [5, 5.41) is 3.48. The monoisotopic (exact) mass is 405 g/mol. The van der Waals surface area contributed by atoms with Gasteiger partial charge in [-0.3, -0.25) is 14.5 Å². The number of aromatic nitrogens is 1. The van der Waals surface area contributed by atoms with E-state index in [1.807, 2.05) is 24.3 Å². The van der Waals surface area contributed by atoms with Gasteiger partial charge in [-0.15, -0.1) is 0 Å². The van der Waals surface area contributed by atoms with E-state index in [1.54, 1.807) is 31.3 Å². The molecule has 2 N–H and O–H groups in total. The Labute approximate surface area is 171 Å². The number of aromatic amines is 1. The molecule has 30 heavy (non-hydrogen) atoms. The first-order chi connectivity index (χ1) is 14.5. The fourth-order valence-electron chi connectivity index (χ4n) is 3.92. The van der Waals surface area contributed by atoms with Crippen molar-refractivity contribution >= 4 is 28.6 Å². The average Bonchev–Trinajstić information content (AvgIpc) is 3.28. The van der Waals surface area contributed by atoms with Gasteiger partial charge in [0, 0.05) is 22.7 Å². The molecule has 3 aromatic rings. The number of hydrogen-bond donors (Lipinski definition) is 2. The molecule has 8 heteroatoms. The number of carbonyl (C=O) groups is 3. The first kappa shape index (κ1) is 18.2. The van der Waals surface area contributed by atoms with Gasteiger partial charge in [0.1, 0.15) is 18.8 Å². The number of Topliss-reactive ketones (excluding diaryl/α,β-unsaturated/α-hetero) is 1. The third-order valence-corrected chi connectivity index (χ3v) is 5.59. The molecule has 2 aliphatic rings. The average molecular weight is 405 g/mol. The van der Waals surface area contributed by atoms with Crippen LogP contribution in [0, 0.1) is 0 Å². The maximum Gasteiger partial charge on any atom is 0.325 e. The van der Waals surface area contributed by atoms with Crippen molar-refractivity contribution in [3.05, 3.63) is 59.8 Å². The highest BCUT2D eigenvalue weighted by molar-refractivity contribution is 6.14. The van der Waals surface area contributed by atoms with Crippen molar-refractivity contribution in [2.45, 2.75) is 12.5 Å². The molecule has 152 valence electrons. The molecule has 0 radical (unpaired) electrons. The SMILES string of the molecule is C[C@@]1(c2ccc3c(c2)OCCO3)NC(=O)N(CC(=O)c2c[nH]c3ccccc23)C1=O. The van der Waals surface area contributed by atoms with E-state index in [9.17, 15) is 14.4 Å². The topological polar surface area (TPSA) is 101 Å². The third-order valence-electron chi connectivity index (χ3n) is 5.59. The number of H-pyrrole nitrogens is 1. The lowest BCUT2D eigenvalue weighted by atomic mass is 9.91. The van der Waals surface area contributed by atoms with Crippen molar-refractivity contribution in [3.63, 3.8) is 0 Å². The molecule has 3 heterocycles. The number of amides is 3. The molecule has 1 saturated heterocycles. The summed E-state index contributed by atoms with van der Waals surface area (Å²) in [4.78, 5) is 42.7. The zero-order valence-corrected chi connectivity index (χ0v) is 16.2. The third kappa shape index (κ3) is 2.72. The second kappa shape index (κ2) is 6.62. The molecule has 0 spiro atoms. The maximum absolute atomic E-state index is 13.2. The number of urea groups is 1. The summed E-state index contributed by atoms with van der Waals surface area (Å²) < 4.78 is 11.1. The number of para-hydroxylation sites is 1. The summed E-state index contributed by atoms with van der Waals surface area (Å²) in [5.41, 5.74) is 0.526. The van der Waals surface area contributed by atoms with Crippen molar-refractivity contribution in [2.75, 3.05) is 19.8 Å². The molecule has 0 unspecified atom stereocenters. The summed E-state index contributed by atoms with van der Waals surface area (Å²) >= 11 is 0. The molecular formula is C22H19N3O5. The van der Waals surface area contributed by atoms with Crippen LogP contribution < -0.4 is 14.8 Å². The van der Waals surface area contributed by atoms with E-state index in [2.05, 4.69) is 10.3 Å². The fourth-order valence-corrected chi connectivity index (χ4v) is 3.92. The van der Waals surface area contributed by atoms with Gasteiger partial charge in [-0.2, -0.15) is 0 Å². The van der Waals surface area contributed by atoms with Gasteiger partial charge >= 0.3 is 6.03 Å². The van der Waals surface area contributed by atoms with Crippen molar-refractivity contribution in [1.82, 2.24) is 15.2 Å². The summed E-state index contributed by atoms with van der Waals surface area (Å²) in [6.07, 6.45) is 1.60. The van der Waals surface area contributed by atoms with E-state index in [4.69, 9.17) is 9.47 Å². The van der Waals surface area contributed by atoms with Crippen LogP contribution >= 0.6 is 0 Å². The number of nitrogens with zero attached hydrogens (tertiary/aromatic N) is 1. The molecular weight excluding hydrogens is 386 g/mol. The molecule has 1 fully saturated rings. The van der Waals surface area contributed by atoms with Gasteiger partial charge in [0.25, 0.3) is 5.91 Å². The Kier molecular flexibility index (Phi) is 4.02. The normalized spacial score (nSPS) is 20.5. The van der Waals surface area contributed by atoms with Gasteiger partial charge in [0.05, 0.1) is 6.54 Å². The van der Waals surface area contributed by atoms with E-state index >= 15 is 0 Å². The van der Waals surface area contributed by atoms with E-state index in [-0.39, 0.29) is 12.3 Å². The van der Waals surface area contributed by atoms with Crippen LogP contribution in [-0.2, 0) is 10.3 Å². The molecule has 0 bridgehead atoms. The van der Waals surface area contributed by atoms with Crippen molar-refractivity contribution in [1.29, 1.82) is 0 Å². The Hall–Kier alpha value is -3.81. The van der Waals surface area contributed by atoms with Gasteiger partial charge < -0.3 is 19.8 Å². The first-order valence-electron chi connectivity index (χ1n) is 9.61. The summed E-state index contributed by atoms with van der Waals surface area (Å²) in [6, 6.07) is 11.9. The zero-order valence-electron chi connectivity index (χ0n) is 16.2. The molecule has 1 atom stereocenters. The van der Waals surface area contributed by atoms with Gasteiger partial charge in [0.2, 0.25) is 0 Å². The van der Waals surface area contributed by atoms with Crippen molar-refractivity contribution in [2.24, 2.45) is 0 Å². The Morgan fingerprint density at radius 3 is 2.70 bits per heavy atom. The number of ketones is 1. The van der Waals surface area contributed by atoms with E-state index < -0.39 is 17.5 Å². The van der Waals surface area contributed by atoms with Gasteiger partial charge in [0.15, 0.2) is 17.3 Å². The lowest BCUT2D eigenvalue weighted by Gasteiger charge is -2.25. The molecule has 2 aromatic carbocycles. The highest BCUT2D eigenvalue weighted by Crippen LogP contribution is 2.37. The minimum atomic E-state index is -1.30. The maximum atomic E-state index is 13.2. The molecule has 3 amide bonds. The predicted octanol–water partition coefficient (Wildman–Crippen LogP) is 2.59. The molecule has 8 nitrogen and oxygen atoms in total. The first-order valence-corrected chi connectivity index (χ1v) is 9.61. The predicted molar refractivity (Wildman–Crippen MR) is 108 cm³/mol. The van der Waals surface area contributed by atoms with Gasteiger partial charge in [-0.05, 0) is 30.7 Å². The highest BCUT2D eigenvalue weighted by Gasteiger charge is 2.49. The number of imide groups is 1. The summed E-state index contributed by atoms with van der Waals surface area (Å²) in [6.45, 7) is 2.16. The van der Waals surface area contributed by atoms with Gasteiger partial charge in [-0.25, -0.2) is 4.79 Å². The molecule has 1 aromatic heterocycles. The number of hydrogen-bond acceptors (Lipinski definition) is 5. The minimum absolute atomic E-state index is 0.317. The molecule has 0 aliphatic carbocycles. The largest absolute Gasteiger partial charge is 0.486 e. The van der Waals surface area contributed by atoms with Crippen LogP contribution in [0.1, 0.15) is 22.8 Å². The van der Waals surface area contributed by atoms with Crippen molar-refractivity contribution < 1.29 is 23.9 Å². The van der Waals surface area contributed by atoms with Crippen LogP contribution in [0.25, 0.3) is 10.9 Å². The Morgan fingerprint density at radius 1 is 1.10 bits per heavy atom. The van der Waals surface area contributed by atoms with E-state index in [1.165, 1.54) is 0 Å². The van der Waals surface area contributed by atoms with E-state index in [0.29, 0.717) is 35.8 Å². The standard InChI is InChI=1S/C22H19N3O5/c1-22(13-6-7-18-19(10-13)30-9-8-29-18)20(27)25(21(28)24-22)12-17(26)15-11-23-16-5-3-2-4-14(15)16/h2-7,10-11,23H,8-9,12H2,1H3,(H,24,28)/t22-/m0/s1. The number of benzene rings is 2. The van der Waals surface area contributed by atoms with Crippen LogP contribution in [0.3, 0.4) is 0 Å². The summed E-state index contributed by atoms with van der Waals surface area (Å²) in [7, 11) is 0. The minimum Gasteiger partial charge on any atom is -0.486 e. The van der Waals surface area contributed by atoms with Crippen LogP contribution in [0.15, 0.2) is 48.7 Å².